The minimum Gasteiger partial charge on any atom is -0.479 e. The molecular formula is C17H15N5O6. The first-order valence-corrected chi connectivity index (χ1v) is 8.06. The third-order valence-electron chi connectivity index (χ3n) is 3.94. The van der Waals surface area contributed by atoms with Crippen LogP contribution < -0.4 is 21.3 Å². The van der Waals surface area contributed by atoms with Gasteiger partial charge in [-0.2, -0.15) is 0 Å². The summed E-state index contributed by atoms with van der Waals surface area (Å²) in [5, 5.41) is 30.3. The molecule has 11 nitrogen and oxygen atoms in total. The molecular weight excluding hydrogens is 370 g/mol. The van der Waals surface area contributed by atoms with E-state index in [4.69, 9.17) is 5.11 Å². The Labute approximate surface area is 157 Å². The molecule has 0 radical (unpaired) electrons. The lowest BCUT2D eigenvalue weighted by molar-refractivity contribution is -0.384. The van der Waals surface area contributed by atoms with Crippen molar-refractivity contribution in [1.29, 1.82) is 0 Å². The Kier molecular flexibility index (Phi) is 5.07. The molecule has 28 heavy (non-hydrogen) atoms. The number of nitrogens with zero attached hydrogens (tertiary/aromatic N) is 1. The molecule has 0 saturated heterocycles. The number of nitro benzene ring substituents is 1. The number of para-hydroxylation sites is 1. The van der Waals surface area contributed by atoms with Gasteiger partial charge in [0.25, 0.3) is 11.6 Å². The van der Waals surface area contributed by atoms with Gasteiger partial charge in [-0.25, -0.2) is 9.59 Å². The van der Waals surface area contributed by atoms with Crippen LogP contribution in [0.5, 0.6) is 0 Å². The van der Waals surface area contributed by atoms with Gasteiger partial charge in [-0.05, 0) is 12.1 Å². The van der Waals surface area contributed by atoms with Crippen LogP contribution in [0.3, 0.4) is 0 Å². The number of carbonyl (C=O) groups is 3. The van der Waals surface area contributed by atoms with Crippen LogP contribution >= 0.6 is 0 Å². The van der Waals surface area contributed by atoms with Crippen LogP contribution in [0.2, 0.25) is 0 Å². The van der Waals surface area contributed by atoms with Crippen molar-refractivity contribution in [3.63, 3.8) is 0 Å². The molecule has 3 amide bonds. The van der Waals surface area contributed by atoms with E-state index in [9.17, 15) is 24.5 Å². The fourth-order valence-electron chi connectivity index (χ4n) is 2.66. The van der Waals surface area contributed by atoms with Crippen LogP contribution in [-0.2, 0) is 16.1 Å². The van der Waals surface area contributed by atoms with Gasteiger partial charge in [-0.15, -0.1) is 0 Å². The Morgan fingerprint density at radius 1 is 1.21 bits per heavy atom. The fourth-order valence-corrected chi connectivity index (χ4v) is 2.66. The van der Waals surface area contributed by atoms with Crippen LogP contribution in [0.1, 0.15) is 5.56 Å². The van der Waals surface area contributed by atoms with Crippen molar-refractivity contribution in [2.45, 2.75) is 12.6 Å². The zero-order valence-electron chi connectivity index (χ0n) is 14.3. The number of anilines is 3. The van der Waals surface area contributed by atoms with Crippen molar-refractivity contribution >= 4 is 40.7 Å². The molecule has 0 aromatic heterocycles. The summed E-state index contributed by atoms with van der Waals surface area (Å²) < 4.78 is 0. The minimum atomic E-state index is -1.55. The maximum absolute atomic E-state index is 12.1. The number of carboxylic acids is 1. The second-order valence-corrected chi connectivity index (χ2v) is 5.86. The first kappa shape index (κ1) is 18.6. The second-order valence-electron chi connectivity index (χ2n) is 5.86. The van der Waals surface area contributed by atoms with Crippen molar-refractivity contribution in [2.24, 2.45) is 0 Å². The number of benzene rings is 2. The van der Waals surface area contributed by atoms with Gasteiger partial charge >= 0.3 is 12.0 Å². The molecule has 0 aliphatic carbocycles. The van der Waals surface area contributed by atoms with Gasteiger partial charge in [-0.3, -0.25) is 14.9 Å². The Morgan fingerprint density at radius 2 is 1.93 bits per heavy atom. The van der Waals surface area contributed by atoms with E-state index in [-0.39, 0.29) is 29.2 Å². The van der Waals surface area contributed by atoms with Crippen LogP contribution in [0.25, 0.3) is 0 Å². The number of non-ortho nitro benzene ring substituents is 1. The number of hydrogen-bond donors (Lipinski definition) is 5. The number of nitrogens with one attached hydrogen (secondary N) is 4. The molecule has 144 valence electrons. The average Bonchev–Trinajstić information content (AvgIpc) is 2.65. The topological polar surface area (TPSA) is 163 Å². The van der Waals surface area contributed by atoms with Gasteiger partial charge in [0.05, 0.1) is 16.3 Å². The molecule has 1 heterocycles. The summed E-state index contributed by atoms with van der Waals surface area (Å²) in [6.07, 6.45) is 0. The minimum absolute atomic E-state index is 0.0666. The maximum Gasteiger partial charge on any atom is 0.336 e. The van der Waals surface area contributed by atoms with E-state index in [1.165, 1.54) is 6.07 Å². The van der Waals surface area contributed by atoms with Crippen molar-refractivity contribution in [2.75, 3.05) is 16.0 Å². The van der Waals surface area contributed by atoms with Gasteiger partial charge < -0.3 is 26.4 Å². The molecule has 1 atom stereocenters. The Bertz CT molecular complexity index is 962. The highest BCUT2D eigenvalue weighted by Gasteiger charge is 2.33. The molecule has 0 spiro atoms. The number of fused-ring (bicyclic) bond motifs is 1. The third kappa shape index (κ3) is 3.98. The normalized spacial score (nSPS) is 14.9. The van der Waals surface area contributed by atoms with Crippen molar-refractivity contribution in [1.82, 2.24) is 5.32 Å². The lowest BCUT2D eigenvalue weighted by Crippen LogP contribution is -2.45. The zero-order chi connectivity index (χ0) is 20.3. The quantitative estimate of drug-likeness (QED) is 0.297. The van der Waals surface area contributed by atoms with Crippen molar-refractivity contribution in [3.8, 4) is 0 Å². The van der Waals surface area contributed by atoms with E-state index in [1.54, 1.807) is 30.3 Å². The number of carboxylic acid groups (broad SMARTS) is 1. The lowest BCUT2D eigenvalue weighted by atomic mass is 10.0. The van der Waals surface area contributed by atoms with Gasteiger partial charge in [-0.1, -0.05) is 18.2 Å². The summed E-state index contributed by atoms with van der Waals surface area (Å²) in [5.74, 6) is -2.25. The van der Waals surface area contributed by atoms with Crippen molar-refractivity contribution in [3.05, 3.63) is 58.1 Å². The predicted octanol–water partition coefficient (Wildman–Crippen LogP) is 1.73. The second kappa shape index (κ2) is 7.61. The Morgan fingerprint density at radius 3 is 2.57 bits per heavy atom. The lowest BCUT2D eigenvalue weighted by Gasteiger charge is -2.26. The van der Waals surface area contributed by atoms with Gasteiger partial charge in [0.1, 0.15) is 0 Å². The van der Waals surface area contributed by atoms with E-state index in [1.807, 2.05) is 0 Å². The van der Waals surface area contributed by atoms with E-state index in [2.05, 4.69) is 21.3 Å². The molecule has 0 bridgehead atoms. The monoisotopic (exact) mass is 385 g/mol. The summed E-state index contributed by atoms with van der Waals surface area (Å²) in [5.41, 5.74) is 0.750. The van der Waals surface area contributed by atoms with Crippen molar-refractivity contribution < 1.29 is 24.4 Å². The average molecular weight is 385 g/mol. The van der Waals surface area contributed by atoms with E-state index < -0.39 is 28.9 Å². The van der Waals surface area contributed by atoms with Crippen LogP contribution in [0, 0.1) is 10.1 Å². The smallest absolute Gasteiger partial charge is 0.336 e. The van der Waals surface area contributed by atoms with E-state index in [0.29, 0.717) is 5.69 Å². The van der Waals surface area contributed by atoms with Gasteiger partial charge in [0.2, 0.25) is 6.04 Å². The number of amides is 3. The van der Waals surface area contributed by atoms with Gasteiger partial charge in [0.15, 0.2) is 0 Å². The SMILES string of the molecule is O=C(NCc1cc([N+](=O)[O-])cc2c1NC(C(=O)O)C(=O)N2)Nc1ccccc1. The summed E-state index contributed by atoms with van der Waals surface area (Å²) in [7, 11) is 0. The summed E-state index contributed by atoms with van der Waals surface area (Å²) in [6, 6.07) is 8.85. The zero-order valence-corrected chi connectivity index (χ0v) is 14.3. The number of urea groups is 1. The first-order chi connectivity index (χ1) is 13.3. The van der Waals surface area contributed by atoms with E-state index in [0.717, 1.165) is 6.07 Å². The number of aliphatic carboxylic acids is 1. The van der Waals surface area contributed by atoms with Crippen LogP contribution in [0.15, 0.2) is 42.5 Å². The number of carbonyl (C=O) groups excluding carboxylic acids is 2. The molecule has 0 saturated carbocycles. The molecule has 11 heteroatoms. The molecule has 1 unspecified atom stereocenters. The highest BCUT2D eigenvalue weighted by molar-refractivity contribution is 6.14. The highest BCUT2D eigenvalue weighted by Crippen LogP contribution is 2.35. The molecule has 1 aliphatic heterocycles. The molecule has 2 aromatic carbocycles. The van der Waals surface area contributed by atoms with Gasteiger partial charge in [0, 0.05) is 29.9 Å². The number of nitro groups is 1. The predicted molar refractivity (Wildman–Crippen MR) is 99.1 cm³/mol. The maximum atomic E-state index is 12.1. The van der Waals surface area contributed by atoms with Crippen LogP contribution in [-0.4, -0.2) is 34.0 Å². The summed E-state index contributed by atoms with van der Waals surface area (Å²) >= 11 is 0. The Hall–Kier alpha value is -4.15. The largest absolute Gasteiger partial charge is 0.479 e. The summed E-state index contributed by atoms with van der Waals surface area (Å²) in [6.45, 7) is -0.141. The standard InChI is InChI=1S/C17H15N5O6/c23-15-14(16(24)25)21-13-9(6-11(22(27)28)7-12(13)20-15)8-18-17(26)19-10-4-2-1-3-5-10/h1-7,14,21H,8H2,(H,20,23)(H,24,25)(H2,18,19,26). The third-order valence-corrected chi connectivity index (χ3v) is 3.94. The molecule has 5 N–H and O–H groups in total. The molecule has 0 fully saturated rings. The molecule has 3 rings (SSSR count). The van der Waals surface area contributed by atoms with E-state index >= 15 is 0 Å². The number of rotatable bonds is 5. The summed E-state index contributed by atoms with van der Waals surface area (Å²) in [4.78, 5) is 45.6. The fraction of sp³-hybridized carbons (Fsp3) is 0.118. The van der Waals surface area contributed by atoms with Crippen LogP contribution in [0.4, 0.5) is 27.5 Å². The number of hydrogen-bond acceptors (Lipinski definition) is 6. The Balaban J connectivity index is 1.83. The first-order valence-electron chi connectivity index (χ1n) is 8.06. The molecule has 2 aromatic rings. The molecule has 1 aliphatic rings. The highest BCUT2D eigenvalue weighted by atomic mass is 16.6.